The topological polar surface area (TPSA) is 117 Å². The molecule has 0 N–H and O–H groups in total. The summed E-state index contributed by atoms with van der Waals surface area (Å²) in [6.45, 7) is 9.38. The van der Waals surface area contributed by atoms with Crippen molar-refractivity contribution in [2.75, 3.05) is 24.8 Å². The van der Waals surface area contributed by atoms with Crippen LogP contribution in [-0.2, 0) is 14.3 Å². The molecule has 0 radical (unpaired) electrons. The molecule has 0 aliphatic heterocycles. The van der Waals surface area contributed by atoms with Crippen molar-refractivity contribution in [1.82, 2.24) is 4.98 Å². The summed E-state index contributed by atoms with van der Waals surface area (Å²) in [6.07, 6.45) is 14.3. The van der Waals surface area contributed by atoms with E-state index < -0.39 is 11.9 Å². The van der Waals surface area contributed by atoms with Crippen molar-refractivity contribution >= 4 is 50.8 Å². The van der Waals surface area contributed by atoms with Gasteiger partial charge < -0.3 is 18.9 Å². The Kier molecular flexibility index (Phi) is 16.3. The number of unbranched alkanes of at least 4 members (excludes halogenated alkanes) is 6. The standard InChI is InChI=1S/C44H53N3O7S/c1-4-6-7-12-27-47(44-46-38-15-10-11-16-40(38)55-44)45-31-35-30-37(53-42(49)33-19-17-32(3)18-20-33)25-26-39(35)54-43(50)34-21-23-36(24-22-34)51-28-13-8-9-14-29-52-41(48)5-2/h5,10-11,15-16,21-26,30-33H,2,4,6-9,12-14,17-20,27-29H2,1,3H3. The van der Waals surface area contributed by atoms with Gasteiger partial charge in [0.1, 0.15) is 17.2 Å². The molecule has 1 aliphatic rings. The van der Waals surface area contributed by atoms with E-state index in [1.807, 2.05) is 29.3 Å². The van der Waals surface area contributed by atoms with E-state index in [4.69, 9.17) is 29.0 Å². The number of carbonyl (C=O) groups excluding carboxylic acids is 3. The SMILES string of the molecule is C=CC(=O)OCCCCCCOc1ccc(C(=O)Oc2ccc(OC(=O)C3CCC(C)CC3)cc2C=NN(CCCCCC)c2nc3ccccc3s2)cc1. The fraction of sp³-hybridized carbons (Fsp3) is 0.432. The van der Waals surface area contributed by atoms with Crippen molar-refractivity contribution in [1.29, 1.82) is 0 Å². The molecule has 0 amide bonds. The van der Waals surface area contributed by atoms with Gasteiger partial charge in [0.05, 0.1) is 41.1 Å². The van der Waals surface area contributed by atoms with Crippen LogP contribution in [0.2, 0.25) is 0 Å². The molecule has 0 unspecified atom stereocenters. The Hall–Kier alpha value is -5.03. The van der Waals surface area contributed by atoms with Gasteiger partial charge in [-0.2, -0.15) is 5.10 Å². The Morgan fingerprint density at radius 1 is 0.873 bits per heavy atom. The molecule has 292 valence electrons. The van der Waals surface area contributed by atoms with E-state index in [-0.39, 0.29) is 17.6 Å². The molecule has 0 bridgehead atoms. The van der Waals surface area contributed by atoms with Gasteiger partial charge in [0.25, 0.3) is 0 Å². The fourth-order valence-corrected chi connectivity index (χ4v) is 7.25. The summed E-state index contributed by atoms with van der Waals surface area (Å²) in [7, 11) is 0. The minimum absolute atomic E-state index is 0.129. The average Bonchev–Trinajstić information content (AvgIpc) is 3.64. The summed E-state index contributed by atoms with van der Waals surface area (Å²) in [5.74, 6) is 0.623. The molecular formula is C44H53N3O7S. The van der Waals surface area contributed by atoms with E-state index in [1.54, 1.807) is 60.0 Å². The van der Waals surface area contributed by atoms with Gasteiger partial charge in [-0.3, -0.25) is 4.79 Å². The Balaban J connectivity index is 1.27. The van der Waals surface area contributed by atoms with Crippen molar-refractivity contribution < 1.29 is 33.3 Å². The number of ether oxygens (including phenoxy) is 4. The minimum Gasteiger partial charge on any atom is -0.494 e. The van der Waals surface area contributed by atoms with Crippen LogP contribution in [0.15, 0.2) is 84.5 Å². The van der Waals surface area contributed by atoms with E-state index in [9.17, 15) is 14.4 Å². The van der Waals surface area contributed by atoms with Crippen molar-refractivity contribution in [3.05, 3.63) is 90.5 Å². The van der Waals surface area contributed by atoms with Crippen LogP contribution in [0.4, 0.5) is 5.13 Å². The summed E-state index contributed by atoms with van der Waals surface area (Å²) in [5.41, 5.74) is 1.77. The van der Waals surface area contributed by atoms with Crippen LogP contribution in [0, 0.1) is 11.8 Å². The Morgan fingerprint density at radius 3 is 2.35 bits per heavy atom. The molecule has 4 aromatic rings. The minimum atomic E-state index is -0.540. The first-order valence-electron chi connectivity index (χ1n) is 19.6. The van der Waals surface area contributed by atoms with Crippen molar-refractivity contribution in [2.24, 2.45) is 16.9 Å². The summed E-state index contributed by atoms with van der Waals surface area (Å²) in [6, 6.07) is 19.9. The smallest absolute Gasteiger partial charge is 0.343 e. The van der Waals surface area contributed by atoms with Gasteiger partial charge in [-0.15, -0.1) is 0 Å². The predicted molar refractivity (Wildman–Crippen MR) is 218 cm³/mol. The largest absolute Gasteiger partial charge is 0.494 e. The summed E-state index contributed by atoms with van der Waals surface area (Å²) < 4.78 is 23.8. The molecule has 1 aliphatic carbocycles. The summed E-state index contributed by atoms with van der Waals surface area (Å²) in [5, 5.41) is 7.55. The zero-order valence-electron chi connectivity index (χ0n) is 32.1. The normalized spacial score (nSPS) is 15.5. The number of esters is 3. The lowest BCUT2D eigenvalue weighted by Crippen LogP contribution is -2.25. The van der Waals surface area contributed by atoms with Crippen LogP contribution < -0.4 is 19.2 Å². The zero-order valence-corrected chi connectivity index (χ0v) is 32.9. The van der Waals surface area contributed by atoms with Gasteiger partial charge >= 0.3 is 17.9 Å². The number of fused-ring (bicyclic) bond motifs is 1. The number of carbonyl (C=O) groups is 3. The van der Waals surface area contributed by atoms with Gasteiger partial charge in [-0.05, 0) is 118 Å². The number of anilines is 1. The fourth-order valence-electron chi connectivity index (χ4n) is 6.30. The highest BCUT2D eigenvalue weighted by molar-refractivity contribution is 7.22. The number of nitrogens with zero attached hydrogens (tertiary/aromatic N) is 3. The number of hydrazone groups is 1. The first kappa shape index (κ1) is 41.1. The number of aromatic nitrogens is 1. The Morgan fingerprint density at radius 2 is 1.60 bits per heavy atom. The monoisotopic (exact) mass is 767 g/mol. The third kappa shape index (κ3) is 13.1. The molecule has 1 saturated carbocycles. The van der Waals surface area contributed by atoms with E-state index in [2.05, 4.69) is 20.4 Å². The van der Waals surface area contributed by atoms with Gasteiger partial charge in [-0.25, -0.2) is 19.6 Å². The molecule has 3 aromatic carbocycles. The molecule has 10 nitrogen and oxygen atoms in total. The molecule has 1 fully saturated rings. The molecule has 0 atom stereocenters. The molecule has 11 heteroatoms. The maximum atomic E-state index is 13.4. The maximum absolute atomic E-state index is 13.4. The molecule has 5 rings (SSSR count). The second-order valence-electron chi connectivity index (χ2n) is 14.0. The predicted octanol–water partition coefficient (Wildman–Crippen LogP) is 10.3. The molecule has 0 saturated heterocycles. The van der Waals surface area contributed by atoms with Gasteiger partial charge in [0, 0.05) is 18.2 Å². The molecular weight excluding hydrogens is 715 g/mol. The van der Waals surface area contributed by atoms with Crippen LogP contribution in [0.3, 0.4) is 0 Å². The summed E-state index contributed by atoms with van der Waals surface area (Å²) in [4.78, 5) is 42.6. The van der Waals surface area contributed by atoms with Gasteiger partial charge in [0.15, 0.2) is 0 Å². The van der Waals surface area contributed by atoms with Crippen molar-refractivity contribution in [3.8, 4) is 17.2 Å². The van der Waals surface area contributed by atoms with Crippen LogP contribution >= 0.6 is 11.3 Å². The van der Waals surface area contributed by atoms with E-state index in [0.717, 1.165) is 98.5 Å². The molecule has 1 heterocycles. The number of para-hydroxylation sites is 1. The van der Waals surface area contributed by atoms with Gasteiger partial charge in [0.2, 0.25) is 5.13 Å². The summed E-state index contributed by atoms with van der Waals surface area (Å²) >= 11 is 1.57. The van der Waals surface area contributed by atoms with Crippen molar-refractivity contribution in [2.45, 2.75) is 90.9 Å². The number of rotatable bonds is 21. The maximum Gasteiger partial charge on any atom is 0.343 e. The third-order valence-electron chi connectivity index (χ3n) is 9.62. The second kappa shape index (κ2) is 21.8. The molecule has 1 aromatic heterocycles. The zero-order chi connectivity index (χ0) is 38.8. The lowest BCUT2D eigenvalue weighted by atomic mass is 9.83. The second-order valence-corrected chi connectivity index (χ2v) is 15.0. The van der Waals surface area contributed by atoms with E-state index in [1.165, 1.54) is 0 Å². The third-order valence-corrected chi connectivity index (χ3v) is 10.7. The van der Waals surface area contributed by atoms with Crippen LogP contribution in [0.5, 0.6) is 17.2 Å². The highest BCUT2D eigenvalue weighted by Crippen LogP contribution is 2.32. The van der Waals surface area contributed by atoms with Crippen LogP contribution in [0.1, 0.15) is 107 Å². The van der Waals surface area contributed by atoms with Gasteiger partial charge in [-0.1, -0.05) is 63.2 Å². The quantitative estimate of drug-likeness (QED) is 0.0204. The average molecular weight is 768 g/mol. The first-order valence-corrected chi connectivity index (χ1v) is 20.4. The number of benzene rings is 3. The Labute approximate surface area is 328 Å². The molecule has 0 spiro atoms. The van der Waals surface area contributed by atoms with E-state index in [0.29, 0.717) is 48.3 Å². The van der Waals surface area contributed by atoms with Crippen LogP contribution in [0.25, 0.3) is 10.2 Å². The molecule has 55 heavy (non-hydrogen) atoms. The van der Waals surface area contributed by atoms with E-state index >= 15 is 0 Å². The lowest BCUT2D eigenvalue weighted by Gasteiger charge is -2.24. The highest BCUT2D eigenvalue weighted by atomic mass is 32.1. The number of hydrogen-bond donors (Lipinski definition) is 0. The highest BCUT2D eigenvalue weighted by Gasteiger charge is 2.26. The van der Waals surface area contributed by atoms with Crippen molar-refractivity contribution in [3.63, 3.8) is 0 Å². The number of thiazole rings is 1. The lowest BCUT2D eigenvalue weighted by molar-refractivity contribution is -0.140. The number of hydrogen-bond acceptors (Lipinski definition) is 11. The Bertz CT molecular complexity index is 1850. The first-order chi connectivity index (χ1) is 26.8. The van der Waals surface area contributed by atoms with Crippen LogP contribution in [-0.4, -0.2) is 48.9 Å².